The van der Waals surface area contributed by atoms with Gasteiger partial charge in [0.2, 0.25) is 0 Å². The molecule has 0 fully saturated rings. The number of ether oxygens (including phenoxy) is 2. The van der Waals surface area contributed by atoms with E-state index in [1.54, 1.807) is 0 Å². The Balaban J connectivity index is 1.88. The minimum atomic E-state index is -4.87. The highest BCUT2D eigenvalue weighted by Crippen LogP contribution is 2.42. The van der Waals surface area contributed by atoms with Gasteiger partial charge in [0.25, 0.3) is 11.9 Å². The Hall–Kier alpha value is -3.65. The monoisotopic (exact) mass is 526 g/mol. The van der Waals surface area contributed by atoms with E-state index in [9.17, 15) is 39.9 Å². The first kappa shape index (κ1) is 26.9. The van der Waals surface area contributed by atoms with Crippen molar-refractivity contribution >= 4 is 17.6 Å². The molecule has 0 aliphatic carbocycles. The number of halogens is 8. The van der Waals surface area contributed by atoms with Crippen LogP contribution in [-0.2, 0) is 10.3 Å². The molecule has 1 aromatic heterocycles. The molecule has 3 rings (SSSR count). The van der Waals surface area contributed by atoms with Crippen molar-refractivity contribution in [3.8, 4) is 5.75 Å². The molecule has 7 nitrogen and oxygen atoms in total. The maximum absolute atomic E-state index is 14.7. The molecule has 1 amide bonds. The quantitative estimate of drug-likeness (QED) is 0.549. The number of aryl methyl sites for hydroxylation is 1. The second-order valence-corrected chi connectivity index (χ2v) is 8.09. The number of aromatic nitrogens is 1. The Morgan fingerprint density at radius 3 is 2.47 bits per heavy atom. The van der Waals surface area contributed by atoms with E-state index in [0.29, 0.717) is 6.07 Å². The largest absolute Gasteiger partial charge is 0.482 e. The normalized spacial score (nSPS) is 20.4. The first-order chi connectivity index (χ1) is 16.5. The van der Waals surface area contributed by atoms with Gasteiger partial charge in [0.1, 0.15) is 11.4 Å². The van der Waals surface area contributed by atoms with E-state index in [1.165, 1.54) is 6.92 Å². The van der Waals surface area contributed by atoms with Crippen LogP contribution in [0.3, 0.4) is 0 Å². The van der Waals surface area contributed by atoms with E-state index in [4.69, 9.17) is 5.73 Å². The van der Waals surface area contributed by atoms with Gasteiger partial charge in [-0.05, 0) is 31.5 Å². The summed E-state index contributed by atoms with van der Waals surface area (Å²) in [7, 11) is 0. The van der Waals surface area contributed by atoms with E-state index in [0.717, 1.165) is 25.3 Å². The van der Waals surface area contributed by atoms with E-state index in [1.807, 2.05) is 0 Å². The summed E-state index contributed by atoms with van der Waals surface area (Å²) in [5.41, 5.74) is 2.19. The number of nitrogens with one attached hydrogen (secondary N) is 1. The zero-order chi connectivity index (χ0) is 27.1. The number of carbonyl (C=O) groups is 1. The fourth-order valence-electron chi connectivity index (χ4n) is 3.49. The molecule has 15 heteroatoms. The molecule has 196 valence electrons. The number of carbonyl (C=O) groups excluding carboxylic acids is 1. The molecule has 1 aromatic carbocycles. The number of hydrogen-bond donors (Lipinski definition) is 2. The summed E-state index contributed by atoms with van der Waals surface area (Å²) in [4.78, 5) is 20.1. The van der Waals surface area contributed by atoms with Crippen LogP contribution in [0.5, 0.6) is 5.75 Å². The van der Waals surface area contributed by atoms with Crippen LogP contribution in [0.25, 0.3) is 0 Å². The SMILES string of the molecule is Cc1cc(OCC(F)(F)F)cnc1C(=O)Nc1cc(F)c(F)c([C@@]2(C)C[C@@H](C(F)(F)F)OC(N)=N2)c1. The fourth-order valence-corrected chi connectivity index (χ4v) is 3.49. The number of anilines is 1. The van der Waals surface area contributed by atoms with E-state index >= 15 is 0 Å². The molecule has 0 unspecified atom stereocenters. The molecule has 2 atom stereocenters. The van der Waals surface area contributed by atoms with Crippen LogP contribution in [0.4, 0.5) is 40.8 Å². The van der Waals surface area contributed by atoms with Crippen LogP contribution < -0.4 is 15.8 Å². The number of aliphatic imine (C=N–C) groups is 1. The van der Waals surface area contributed by atoms with Gasteiger partial charge >= 0.3 is 12.4 Å². The number of benzene rings is 1. The summed E-state index contributed by atoms with van der Waals surface area (Å²) in [6.45, 7) is 0.857. The summed E-state index contributed by atoms with van der Waals surface area (Å²) in [5.74, 6) is -4.22. The lowest BCUT2D eigenvalue weighted by Crippen LogP contribution is -2.46. The lowest BCUT2D eigenvalue weighted by Gasteiger charge is -2.36. The number of amides is 1. The summed E-state index contributed by atoms with van der Waals surface area (Å²) in [6.07, 6.45) is -12.0. The van der Waals surface area contributed by atoms with Gasteiger partial charge in [-0.3, -0.25) is 4.79 Å². The van der Waals surface area contributed by atoms with Gasteiger partial charge in [0.15, 0.2) is 24.3 Å². The summed E-state index contributed by atoms with van der Waals surface area (Å²) in [5, 5.41) is 2.23. The number of alkyl halides is 6. The molecule has 1 aliphatic rings. The second-order valence-electron chi connectivity index (χ2n) is 8.09. The van der Waals surface area contributed by atoms with Crippen LogP contribution in [0.2, 0.25) is 0 Å². The molecule has 0 saturated carbocycles. The maximum atomic E-state index is 14.7. The average Bonchev–Trinajstić information content (AvgIpc) is 2.72. The minimum absolute atomic E-state index is 0.0942. The molecular formula is C21H18F8N4O3. The van der Waals surface area contributed by atoms with Crippen molar-refractivity contribution in [1.29, 1.82) is 0 Å². The van der Waals surface area contributed by atoms with Gasteiger partial charge in [-0.15, -0.1) is 0 Å². The molecule has 36 heavy (non-hydrogen) atoms. The van der Waals surface area contributed by atoms with Crippen molar-refractivity contribution in [2.75, 3.05) is 11.9 Å². The molecule has 0 radical (unpaired) electrons. The molecule has 0 bridgehead atoms. The van der Waals surface area contributed by atoms with E-state index in [2.05, 4.69) is 24.8 Å². The molecule has 0 saturated heterocycles. The highest BCUT2D eigenvalue weighted by atomic mass is 19.4. The van der Waals surface area contributed by atoms with Gasteiger partial charge < -0.3 is 20.5 Å². The Morgan fingerprint density at radius 2 is 1.89 bits per heavy atom. The smallest absolute Gasteiger partial charge is 0.425 e. The average molecular weight is 526 g/mol. The summed E-state index contributed by atoms with van der Waals surface area (Å²) in [6, 6.07) is 1.71. The van der Waals surface area contributed by atoms with E-state index < -0.39 is 66.1 Å². The Bertz CT molecular complexity index is 1200. The van der Waals surface area contributed by atoms with Crippen molar-refractivity contribution in [3.05, 3.63) is 52.9 Å². The predicted octanol–water partition coefficient (Wildman–Crippen LogP) is 4.74. The van der Waals surface area contributed by atoms with Gasteiger partial charge in [-0.1, -0.05) is 0 Å². The van der Waals surface area contributed by atoms with Gasteiger partial charge in [0, 0.05) is 23.7 Å². The van der Waals surface area contributed by atoms with Crippen LogP contribution >= 0.6 is 0 Å². The number of nitrogens with two attached hydrogens (primary N) is 1. The van der Waals surface area contributed by atoms with Crippen molar-refractivity contribution in [1.82, 2.24) is 4.98 Å². The van der Waals surface area contributed by atoms with Gasteiger partial charge in [-0.2, -0.15) is 26.3 Å². The van der Waals surface area contributed by atoms with Crippen LogP contribution in [0.15, 0.2) is 29.4 Å². The maximum Gasteiger partial charge on any atom is 0.425 e. The molecule has 3 N–H and O–H groups in total. The number of nitrogens with zero attached hydrogens (tertiary/aromatic N) is 2. The Morgan fingerprint density at radius 1 is 1.22 bits per heavy atom. The van der Waals surface area contributed by atoms with Crippen molar-refractivity contribution in [2.45, 2.75) is 44.3 Å². The first-order valence-electron chi connectivity index (χ1n) is 10.0. The number of amidine groups is 1. The van der Waals surface area contributed by atoms with E-state index in [-0.39, 0.29) is 22.7 Å². The standard InChI is InChI=1S/C21H18F8N4O3/c1-9-3-11(35-8-20(24,25)26)7-31-16(9)17(34)32-10-4-12(15(23)13(22)5-10)19(2)6-14(21(27,28)29)36-18(30)33-19/h3-5,7,14H,6,8H2,1-2H3,(H2,30,33)(H,32,34)/t14-,19+/m0/s1. The van der Waals surface area contributed by atoms with Crippen LogP contribution in [-0.4, -0.2) is 42.0 Å². The van der Waals surface area contributed by atoms with Crippen molar-refractivity contribution in [3.63, 3.8) is 0 Å². The summed E-state index contributed by atoms with van der Waals surface area (Å²) >= 11 is 0. The van der Waals surface area contributed by atoms with Gasteiger partial charge in [-0.25, -0.2) is 18.8 Å². The molecule has 1 aliphatic heterocycles. The van der Waals surface area contributed by atoms with Crippen molar-refractivity contribution in [2.24, 2.45) is 10.7 Å². The summed E-state index contributed by atoms with van der Waals surface area (Å²) < 4.78 is 115. The Labute approximate surface area is 198 Å². The number of hydrogen-bond acceptors (Lipinski definition) is 6. The third-order valence-electron chi connectivity index (χ3n) is 5.10. The second kappa shape index (κ2) is 9.43. The van der Waals surface area contributed by atoms with Crippen molar-refractivity contribution < 1.29 is 49.4 Å². The lowest BCUT2D eigenvalue weighted by molar-refractivity contribution is -0.208. The molecule has 2 aromatic rings. The number of pyridine rings is 1. The molecular weight excluding hydrogens is 508 g/mol. The molecule has 2 heterocycles. The number of rotatable bonds is 5. The third-order valence-corrected chi connectivity index (χ3v) is 5.10. The lowest BCUT2D eigenvalue weighted by atomic mass is 9.85. The topological polar surface area (TPSA) is 98.8 Å². The Kier molecular flexibility index (Phi) is 7.06. The van der Waals surface area contributed by atoms with Crippen LogP contribution in [0.1, 0.15) is 35.0 Å². The minimum Gasteiger partial charge on any atom is -0.482 e. The van der Waals surface area contributed by atoms with Crippen LogP contribution in [0, 0.1) is 18.6 Å². The highest BCUT2D eigenvalue weighted by Gasteiger charge is 2.50. The highest BCUT2D eigenvalue weighted by molar-refractivity contribution is 6.03. The zero-order valence-electron chi connectivity index (χ0n) is 18.5. The zero-order valence-corrected chi connectivity index (χ0v) is 18.5. The first-order valence-corrected chi connectivity index (χ1v) is 10.0. The van der Waals surface area contributed by atoms with Gasteiger partial charge in [0.05, 0.1) is 11.7 Å². The fraction of sp³-hybridized carbons (Fsp3) is 0.381. The molecule has 0 spiro atoms. The predicted molar refractivity (Wildman–Crippen MR) is 109 cm³/mol. The third kappa shape index (κ3) is 6.12.